The van der Waals surface area contributed by atoms with Crippen molar-refractivity contribution >= 4 is 20.4 Å². The van der Waals surface area contributed by atoms with Crippen LogP contribution in [-0.4, -0.2) is 39.0 Å². The highest BCUT2D eigenvalue weighted by atomic mass is 32.3. The van der Waals surface area contributed by atoms with Gasteiger partial charge < -0.3 is 0 Å². The molecule has 0 fully saturated rings. The molecule has 0 aromatic carbocycles. The second kappa shape index (κ2) is 4.30. The zero-order valence-corrected chi connectivity index (χ0v) is 9.40. The monoisotopic (exact) mass is 285 g/mol. The molecule has 0 saturated carbocycles. The van der Waals surface area contributed by atoms with E-state index in [1.165, 1.54) is 0 Å². The molecule has 0 rings (SSSR count). The van der Waals surface area contributed by atoms with E-state index in [0.29, 0.717) is 0 Å². The molecular formula is C5H7F4NO4S2. The summed E-state index contributed by atoms with van der Waals surface area (Å²) in [6.45, 7) is 2.62. The van der Waals surface area contributed by atoms with E-state index >= 15 is 0 Å². The van der Waals surface area contributed by atoms with Gasteiger partial charge in [0.15, 0.2) is 5.25 Å². The lowest BCUT2D eigenvalue weighted by molar-refractivity contribution is -0.121. The highest BCUT2D eigenvalue weighted by molar-refractivity contribution is 8.02. The van der Waals surface area contributed by atoms with Crippen molar-refractivity contribution in [1.29, 1.82) is 0 Å². The first-order chi connectivity index (χ1) is 6.85. The van der Waals surface area contributed by atoms with E-state index in [1.807, 2.05) is 0 Å². The largest absolute Gasteiger partial charge is 0.410 e. The third-order valence-corrected chi connectivity index (χ3v) is 5.11. The van der Waals surface area contributed by atoms with E-state index in [2.05, 4.69) is 6.58 Å². The van der Waals surface area contributed by atoms with Crippen molar-refractivity contribution in [2.24, 2.45) is 0 Å². The van der Waals surface area contributed by atoms with Gasteiger partial charge in [0.25, 0.3) is 0 Å². The van der Waals surface area contributed by atoms with Crippen molar-refractivity contribution in [2.75, 3.05) is 7.05 Å². The fourth-order valence-corrected chi connectivity index (χ4v) is 2.88. The van der Waals surface area contributed by atoms with Crippen LogP contribution in [0.1, 0.15) is 0 Å². The van der Waals surface area contributed by atoms with Crippen molar-refractivity contribution in [3.05, 3.63) is 12.7 Å². The Morgan fingerprint density at radius 1 is 1.25 bits per heavy atom. The van der Waals surface area contributed by atoms with Gasteiger partial charge in [0.2, 0.25) is 10.0 Å². The lowest BCUT2D eigenvalue weighted by Crippen LogP contribution is -2.44. The van der Waals surface area contributed by atoms with Gasteiger partial charge in [-0.3, -0.25) is 0 Å². The maximum atomic E-state index is 12.3. The normalized spacial score (nSPS) is 16.1. The molecule has 16 heavy (non-hydrogen) atoms. The number of nitrogens with zero attached hydrogens (tertiary/aromatic N) is 1. The van der Waals surface area contributed by atoms with Crippen LogP contribution in [0.15, 0.2) is 12.7 Å². The fraction of sp³-hybridized carbons (Fsp3) is 0.600. The number of hydrogen-bond acceptors (Lipinski definition) is 4. The molecule has 0 N–H and O–H groups in total. The predicted octanol–water partition coefficient (Wildman–Crippen LogP) is 0.579. The Hall–Kier alpha value is -0.680. The molecule has 96 valence electrons. The van der Waals surface area contributed by atoms with Gasteiger partial charge in [-0.05, 0) is 0 Å². The Bertz CT molecular complexity index is 465. The minimum atomic E-state index is -5.78. The summed E-state index contributed by atoms with van der Waals surface area (Å²) in [6.07, 6.45) is -5.31. The number of hydrogen-bond donors (Lipinski definition) is 0. The summed E-state index contributed by atoms with van der Waals surface area (Å²) in [7, 11) is -11.1. The van der Waals surface area contributed by atoms with Gasteiger partial charge in [-0.2, -0.15) is 21.6 Å². The first-order valence-corrected chi connectivity index (χ1v) is 6.31. The van der Waals surface area contributed by atoms with Crippen molar-refractivity contribution in [3.63, 3.8) is 0 Å². The molecule has 0 aromatic heterocycles. The molecule has 0 aliphatic carbocycles. The molecule has 1 unspecified atom stereocenters. The third-order valence-electron chi connectivity index (χ3n) is 1.52. The first kappa shape index (κ1) is 15.3. The van der Waals surface area contributed by atoms with E-state index in [4.69, 9.17) is 0 Å². The predicted molar refractivity (Wildman–Crippen MR) is 46.8 cm³/mol. The SMILES string of the molecule is C=CC(C(F)(F)F)S(=O)(=O)N(C)S(=O)(=O)F. The Morgan fingerprint density at radius 2 is 1.62 bits per heavy atom. The van der Waals surface area contributed by atoms with Crippen molar-refractivity contribution < 1.29 is 33.9 Å². The summed E-state index contributed by atoms with van der Waals surface area (Å²) < 4.78 is 90.4. The Kier molecular flexibility index (Phi) is 4.11. The van der Waals surface area contributed by atoms with Crippen molar-refractivity contribution in [3.8, 4) is 0 Å². The molecule has 0 radical (unpaired) electrons. The second-order valence-corrected chi connectivity index (χ2v) is 6.25. The molecule has 0 heterocycles. The zero-order chi connectivity index (χ0) is 13.4. The van der Waals surface area contributed by atoms with Gasteiger partial charge in [0.05, 0.1) is 0 Å². The van der Waals surface area contributed by atoms with Gasteiger partial charge in [-0.1, -0.05) is 13.7 Å². The second-order valence-electron chi connectivity index (χ2n) is 2.56. The van der Waals surface area contributed by atoms with Crippen LogP contribution in [0.5, 0.6) is 0 Å². The quantitative estimate of drug-likeness (QED) is 0.430. The first-order valence-electron chi connectivity index (χ1n) is 3.47. The molecule has 0 bridgehead atoms. The van der Waals surface area contributed by atoms with E-state index in [-0.39, 0.29) is 13.1 Å². The Balaban J connectivity index is 5.62. The van der Waals surface area contributed by atoms with Gasteiger partial charge in [-0.25, -0.2) is 8.42 Å². The van der Waals surface area contributed by atoms with Gasteiger partial charge in [-0.15, -0.1) is 6.58 Å². The maximum absolute atomic E-state index is 12.3. The fourth-order valence-electron chi connectivity index (χ4n) is 0.708. The highest BCUT2D eigenvalue weighted by Crippen LogP contribution is 2.29. The number of rotatable bonds is 4. The molecule has 0 aliphatic rings. The summed E-state index contributed by atoms with van der Waals surface area (Å²) in [4.78, 5) is 0. The Morgan fingerprint density at radius 3 is 1.81 bits per heavy atom. The third kappa shape index (κ3) is 3.15. The maximum Gasteiger partial charge on any atom is 0.410 e. The van der Waals surface area contributed by atoms with E-state index in [1.54, 1.807) is 0 Å². The van der Waals surface area contributed by atoms with Crippen LogP contribution < -0.4 is 0 Å². The summed E-state index contributed by atoms with van der Waals surface area (Å²) in [5, 5.41) is -3.18. The van der Waals surface area contributed by atoms with Crippen LogP contribution in [-0.2, 0) is 20.4 Å². The van der Waals surface area contributed by atoms with Gasteiger partial charge in [0.1, 0.15) is 0 Å². The minimum Gasteiger partial charge on any atom is -0.210 e. The molecule has 5 nitrogen and oxygen atoms in total. The molecule has 0 aromatic rings. The van der Waals surface area contributed by atoms with Crippen molar-refractivity contribution in [1.82, 2.24) is 3.71 Å². The summed E-state index contributed by atoms with van der Waals surface area (Å²) in [5.74, 6) is 0. The smallest absolute Gasteiger partial charge is 0.210 e. The molecule has 11 heteroatoms. The zero-order valence-electron chi connectivity index (χ0n) is 7.77. The highest BCUT2D eigenvalue weighted by Gasteiger charge is 2.50. The molecule has 1 atom stereocenters. The average molecular weight is 285 g/mol. The molecule has 0 aliphatic heterocycles. The number of halogens is 4. The van der Waals surface area contributed by atoms with E-state index in [9.17, 15) is 33.9 Å². The van der Waals surface area contributed by atoms with Crippen LogP contribution in [0.2, 0.25) is 0 Å². The number of sulfonamides is 1. The number of alkyl halides is 3. The van der Waals surface area contributed by atoms with Crippen molar-refractivity contribution in [2.45, 2.75) is 11.4 Å². The molecule has 0 saturated heterocycles. The summed E-state index contributed by atoms with van der Waals surface area (Å²) >= 11 is 0. The Labute approximate surface area is 89.7 Å². The summed E-state index contributed by atoms with van der Waals surface area (Å²) in [6, 6.07) is 0. The average Bonchev–Trinajstić information content (AvgIpc) is 1.98. The van der Waals surface area contributed by atoms with E-state index in [0.717, 1.165) is 0 Å². The minimum absolute atomic E-state index is 0.0307. The topological polar surface area (TPSA) is 71.5 Å². The van der Waals surface area contributed by atoms with Crippen LogP contribution in [0.3, 0.4) is 0 Å². The lowest BCUT2D eigenvalue weighted by atomic mass is 10.4. The summed E-state index contributed by atoms with van der Waals surface area (Å²) in [5.41, 5.74) is 0. The van der Waals surface area contributed by atoms with E-state index < -0.39 is 35.6 Å². The molecule has 0 spiro atoms. The van der Waals surface area contributed by atoms with Crippen LogP contribution >= 0.6 is 0 Å². The van der Waals surface area contributed by atoms with Crippen LogP contribution in [0.4, 0.5) is 17.1 Å². The van der Waals surface area contributed by atoms with Gasteiger partial charge in [0, 0.05) is 7.05 Å². The molecule has 0 amide bonds. The van der Waals surface area contributed by atoms with Gasteiger partial charge >= 0.3 is 16.6 Å². The molecular weight excluding hydrogens is 278 g/mol. The standard InChI is InChI=1S/C5H7F4NO4S2/c1-3-4(5(6,7)8)15(11,12)10(2)16(9,13)14/h3-4H,1H2,2H3. The lowest BCUT2D eigenvalue weighted by Gasteiger charge is -2.20. The van der Waals surface area contributed by atoms with Crippen LogP contribution in [0, 0.1) is 0 Å². The van der Waals surface area contributed by atoms with Crippen LogP contribution in [0.25, 0.3) is 0 Å².